The molecular weight excluding hydrogens is 424 g/mol. The predicted molar refractivity (Wildman–Crippen MR) is 106 cm³/mol. The molecule has 0 aliphatic carbocycles. The number of tetrazole rings is 1. The van der Waals surface area contributed by atoms with Gasteiger partial charge in [-0.2, -0.15) is 4.68 Å². The number of carbonyl (C=O) groups excluding carboxylic acids is 1. The zero-order chi connectivity index (χ0) is 19.7. The van der Waals surface area contributed by atoms with Crippen LogP contribution in [0.2, 0.25) is 0 Å². The SMILES string of the molecule is CC1=C(C(N)=O)C(c2ccc(OCc3cccc(Br)c3)cc2)n2nnnc2N1. The normalized spacial score (nSPS) is 15.7. The van der Waals surface area contributed by atoms with Crippen molar-refractivity contribution >= 4 is 27.8 Å². The van der Waals surface area contributed by atoms with E-state index < -0.39 is 11.9 Å². The van der Waals surface area contributed by atoms with Gasteiger partial charge < -0.3 is 15.8 Å². The lowest BCUT2D eigenvalue weighted by Gasteiger charge is -2.26. The monoisotopic (exact) mass is 440 g/mol. The molecule has 8 nitrogen and oxygen atoms in total. The standard InChI is InChI=1S/C19H17BrN6O2/c1-11-16(18(21)27)17(26-19(22-11)23-24-25-26)13-5-7-15(8-6-13)28-10-12-3-2-4-14(20)9-12/h2-9,17H,10H2,1H3,(H2,21,27)(H,22,23,25). The number of halogens is 1. The van der Waals surface area contributed by atoms with Gasteiger partial charge in [-0.15, -0.1) is 0 Å². The Hall–Kier alpha value is -3.20. The summed E-state index contributed by atoms with van der Waals surface area (Å²) >= 11 is 3.45. The van der Waals surface area contributed by atoms with Crippen molar-refractivity contribution in [3.05, 3.63) is 75.4 Å². The number of fused-ring (bicyclic) bond motifs is 1. The van der Waals surface area contributed by atoms with Crippen molar-refractivity contribution in [2.75, 3.05) is 5.32 Å². The Balaban J connectivity index is 1.58. The summed E-state index contributed by atoms with van der Waals surface area (Å²) in [6.07, 6.45) is 0. The second kappa shape index (κ2) is 7.43. The number of allylic oxidation sites excluding steroid dienone is 1. The summed E-state index contributed by atoms with van der Waals surface area (Å²) in [5.74, 6) is 0.657. The zero-order valence-electron chi connectivity index (χ0n) is 15.0. The number of aromatic nitrogens is 4. The molecule has 0 radical (unpaired) electrons. The summed E-state index contributed by atoms with van der Waals surface area (Å²) in [4.78, 5) is 12.0. The average Bonchev–Trinajstić information content (AvgIpc) is 3.13. The Morgan fingerprint density at radius 2 is 2.07 bits per heavy atom. The second-order valence-corrected chi connectivity index (χ2v) is 7.28. The molecule has 0 bridgehead atoms. The molecule has 2 aromatic carbocycles. The predicted octanol–water partition coefficient (Wildman–Crippen LogP) is 2.79. The van der Waals surface area contributed by atoms with Gasteiger partial charge in [-0.3, -0.25) is 4.79 Å². The van der Waals surface area contributed by atoms with E-state index in [4.69, 9.17) is 10.5 Å². The maximum atomic E-state index is 12.0. The molecular formula is C19H17BrN6O2. The Morgan fingerprint density at radius 1 is 1.29 bits per heavy atom. The fourth-order valence-electron chi connectivity index (χ4n) is 3.18. The molecule has 1 aromatic heterocycles. The smallest absolute Gasteiger partial charge is 0.248 e. The first-order chi connectivity index (χ1) is 13.5. The summed E-state index contributed by atoms with van der Waals surface area (Å²) in [7, 11) is 0. The number of nitrogens with zero attached hydrogens (tertiary/aromatic N) is 4. The highest BCUT2D eigenvalue weighted by Crippen LogP contribution is 2.34. The number of nitrogens with one attached hydrogen (secondary N) is 1. The molecule has 1 aliphatic heterocycles. The topological polar surface area (TPSA) is 108 Å². The van der Waals surface area contributed by atoms with Crippen LogP contribution in [0.5, 0.6) is 5.75 Å². The minimum atomic E-state index is -0.522. The maximum absolute atomic E-state index is 12.0. The highest BCUT2D eigenvalue weighted by atomic mass is 79.9. The van der Waals surface area contributed by atoms with Gasteiger partial charge in [0.05, 0.1) is 5.57 Å². The minimum absolute atomic E-state index is 0.419. The number of amides is 1. The molecule has 0 saturated heterocycles. The molecule has 142 valence electrons. The van der Waals surface area contributed by atoms with E-state index in [1.54, 1.807) is 11.6 Å². The van der Waals surface area contributed by atoms with Crippen LogP contribution in [0.3, 0.4) is 0 Å². The third kappa shape index (κ3) is 3.48. The number of ether oxygens (including phenoxy) is 1. The third-order valence-electron chi connectivity index (χ3n) is 4.47. The molecule has 2 heterocycles. The summed E-state index contributed by atoms with van der Waals surface area (Å²) in [5, 5.41) is 14.6. The van der Waals surface area contributed by atoms with Gasteiger partial charge in [0.25, 0.3) is 0 Å². The first-order valence-corrected chi connectivity index (χ1v) is 9.35. The number of hydrogen-bond acceptors (Lipinski definition) is 6. The van der Waals surface area contributed by atoms with Gasteiger partial charge in [0.2, 0.25) is 11.9 Å². The quantitative estimate of drug-likeness (QED) is 0.631. The second-order valence-electron chi connectivity index (χ2n) is 6.37. The molecule has 0 saturated carbocycles. The van der Waals surface area contributed by atoms with Crippen LogP contribution in [0.15, 0.2) is 64.3 Å². The molecule has 0 fully saturated rings. The van der Waals surface area contributed by atoms with Crippen molar-refractivity contribution in [2.24, 2.45) is 5.73 Å². The highest BCUT2D eigenvalue weighted by Gasteiger charge is 2.32. The van der Waals surface area contributed by atoms with Crippen LogP contribution >= 0.6 is 15.9 Å². The molecule has 1 atom stereocenters. The largest absolute Gasteiger partial charge is 0.489 e. The van der Waals surface area contributed by atoms with E-state index in [1.165, 1.54) is 0 Å². The van der Waals surface area contributed by atoms with Gasteiger partial charge in [-0.05, 0) is 52.7 Å². The fourth-order valence-corrected chi connectivity index (χ4v) is 3.63. The van der Waals surface area contributed by atoms with Crippen LogP contribution < -0.4 is 15.8 Å². The molecule has 0 spiro atoms. The van der Waals surface area contributed by atoms with E-state index in [0.29, 0.717) is 23.8 Å². The van der Waals surface area contributed by atoms with E-state index in [0.717, 1.165) is 21.3 Å². The van der Waals surface area contributed by atoms with Gasteiger partial charge in [0.15, 0.2) is 0 Å². The summed E-state index contributed by atoms with van der Waals surface area (Å²) < 4.78 is 8.41. The molecule has 3 N–H and O–H groups in total. The van der Waals surface area contributed by atoms with Gasteiger partial charge in [-0.25, -0.2) is 0 Å². The van der Waals surface area contributed by atoms with Crippen LogP contribution in [0.1, 0.15) is 24.1 Å². The number of hydrogen-bond donors (Lipinski definition) is 2. The number of rotatable bonds is 5. The number of carbonyl (C=O) groups is 1. The molecule has 9 heteroatoms. The van der Waals surface area contributed by atoms with Crippen LogP contribution in [-0.4, -0.2) is 26.1 Å². The van der Waals surface area contributed by atoms with E-state index in [1.807, 2.05) is 48.5 Å². The molecule has 3 aromatic rings. The van der Waals surface area contributed by atoms with E-state index in [9.17, 15) is 4.79 Å². The molecule has 1 unspecified atom stereocenters. The lowest BCUT2D eigenvalue weighted by Crippen LogP contribution is -2.31. The number of benzene rings is 2. The van der Waals surface area contributed by atoms with E-state index in [2.05, 4.69) is 36.8 Å². The van der Waals surface area contributed by atoms with E-state index in [-0.39, 0.29) is 0 Å². The van der Waals surface area contributed by atoms with Crippen molar-refractivity contribution in [1.82, 2.24) is 20.2 Å². The lowest BCUT2D eigenvalue weighted by molar-refractivity contribution is -0.115. The van der Waals surface area contributed by atoms with E-state index >= 15 is 0 Å². The first-order valence-electron chi connectivity index (χ1n) is 8.55. The van der Waals surface area contributed by atoms with Gasteiger partial charge >= 0.3 is 0 Å². The van der Waals surface area contributed by atoms with Gasteiger partial charge in [0.1, 0.15) is 18.4 Å². The minimum Gasteiger partial charge on any atom is -0.489 e. The van der Waals surface area contributed by atoms with Crippen LogP contribution in [-0.2, 0) is 11.4 Å². The van der Waals surface area contributed by atoms with Crippen molar-refractivity contribution in [3.63, 3.8) is 0 Å². The molecule has 4 rings (SSSR count). The summed E-state index contributed by atoms with van der Waals surface area (Å²) in [6.45, 7) is 2.23. The fraction of sp³-hybridized carbons (Fsp3) is 0.158. The zero-order valence-corrected chi connectivity index (χ0v) is 16.5. The summed E-state index contributed by atoms with van der Waals surface area (Å²) in [6, 6.07) is 14.9. The average molecular weight is 441 g/mol. The highest BCUT2D eigenvalue weighted by molar-refractivity contribution is 9.10. The Labute approximate surface area is 169 Å². The van der Waals surface area contributed by atoms with Crippen molar-refractivity contribution in [3.8, 4) is 5.75 Å². The molecule has 1 amide bonds. The number of primary amides is 1. The first kappa shape index (κ1) is 18.2. The van der Waals surface area contributed by atoms with Crippen molar-refractivity contribution in [2.45, 2.75) is 19.6 Å². The molecule has 1 aliphatic rings. The van der Waals surface area contributed by atoms with Crippen LogP contribution in [0.4, 0.5) is 5.95 Å². The van der Waals surface area contributed by atoms with Gasteiger partial charge in [-0.1, -0.05) is 45.3 Å². The third-order valence-corrected chi connectivity index (χ3v) is 4.96. The van der Waals surface area contributed by atoms with Crippen LogP contribution in [0.25, 0.3) is 0 Å². The number of nitrogens with two attached hydrogens (primary N) is 1. The number of anilines is 1. The maximum Gasteiger partial charge on any atom is 0.248 e. The van der Waals surface area contributed by atoms with Gasteiger partial charge in [0, 0.05) is 10.2 Å². The molecule has 28 heavy (non-hydrogen) atoms. The van der Waals surface area contributed by atoms with Crippen LogP contribution in [0, 0.1) is 0 Å². The Morgan fingerprint density at radius 3 is 2.79 bits per heavy atom. The Bertz CT molecular complexity index is 1060. The lowest BCUT2D eigenvalue weighted by atomic mass is 9.95. The van der Waals surface area contributed by atoms with Crippen molar-refractivity contribution in [1.29, 1.82) is 0 Å². The van der Waals surface area contributed by atoms with Crippen molar-refractivity contribution < 1.29 is 9.53 Å². The summed E-state index contributed by atoms with van der Waals surface area (Å²) in [5.41, 5.74) is 8.56. The Kier molecular flexibility index (Phi) is 4.82.